The lowest BCUT2D eigenvalue weighted by atomic mass is 10.1. The van der Waals surface area contributed by atoms with Gasteiger partial charge in [-0.3, -0.25) is 9.59 Å². The summed E-state index contributed by atoms with van der Waals surface area (Å²) in [6.07, 6.45) is 0. The molecule has 0 aliphatic heterocycles. The number of anilines is 1. The van der Waals surface area contributed by atoms with E-state index >= 15 is 0 Å². The van der Waals surface area contributed by atoms with E-state index in [1.54, 1.807) is 6.92 Å². The zero-order valence-electron chi connectivity index (χ0n) is 12.3. The van der Waals surface area contributed by atoms with Crippen LogP contribution in [0.5, 0.6) is 0 Å². The molecule has 2 aromatic rings. The molecule has 4 N–H and O–H groups in total. The van der Waals surface area contributed by atoms with Crippen LogP contribution in [0.1, 0.15) is 29.1 Å². The van der Waals surface area contributed by atoms with Crippen molar-refractivity contribution in [2.45, 2.75) is 26.8 Å². The second kappa shape index (κ2) is 6.13. The zero-order chi connectivity index (χ0) is 15.6. The summed E-state index contributed by atoms with van der Waals surface area (Å²) in [5, 5.41) is 6.23. The topological polar surface area (TPSA) is 84.2 Å². The zero-order valence-corrected chi connectivity index (χ0v) is 13.1. The van der Waals surface area contributed by atoms with E-state index in [1.165, 1.54) is 11.3 Å². The summed E-state index contributed by atoms with van der Waals surface area (Å²) < 4.78 is 0.967. The molecule has 2 amide bonds. The highest BCUT2D eigenvalue weighted by molar-refractivity contribution is 7.21. The minimum Gasteiger partial charge on any atom is -0.397 e. The van der Waals surface area contributed by atoms with Crippen LogP contribution in [-0.4, -0.2) is 24.4 Å². The molecule has 0 saturated heterocycles. The monoisotopic (exact) mass is 305 g/mol. The first-order chi connectivity index (χ1) is 9.93. The Morgan fingerprint density at radius 1 is 1.38 bits per heavy atom. The highest BCUT2D eigenvalue weighted by Crippen LogP contribution is 2.34. The Bertz CT molecular complexity index is 694. The molecular weight excluding hydrogens is 286 g/mol. The maximum Gasteiger partial charge on any atom is 0.264 e. The molecule has 0 fully saturated rings. The number of nitrogen functional groups attached to an aromatic ring is 1. The molecule has 5 nitrogen and oxygen atoms in total. The summed E-state index contributed by atoms with van der Waals surface area (Å²) in [5.41, 5.74) is 7.63. The van der Waals surface area contributed by atoms with Gasteiger partial charge in [0.05, 0.1) is 5.69 Å². The maximum atomic E-state index is 12.3. The Balaban J connectivity index is 2.24. The molecule has 0 aliphatic carbocycles. The first-order valence-electron chi connectivity index (χ1n) is 6.81. The van der Waals surface area contributed by atoms with Gasteiger partial charge in [0.25, 0.3) is 5.91 Å². The van der Waals surface area contributed by atoms with E-state index in [4.69, 9.17) is 5.73 Å². The average Bonchev–Trinajstić information content (AvgIpc) is 2.76. The number of aryl methyl sites for hydroxylation is 1. The number of likely N-dealkylation sites (N-methyl/N-ethyl adjacent to an activating group) is 1. The van der Waals surface area contributed by atoms with E-state index in [-0.39, 0.29) is 11.8 Å². The second-order valence-electron chi connectivity index (χ2n) is 4.93. The standard InChI is InChI=1S/C15H19N3O2S/c1-4-17-14(19)9(3)18-15(20)13-12(16)10-7-8(2)5-6-11(10)21-13/h5-7,9H,4,16H2,1-3H3,(H,17,19)(H,18,20). The average molecular weight is 305 g/mol. The summed E-state index contributed by atoms with van der Waals surface area (Å²) in [6.45, 7) is 5.99. The normalized spacial score (nSPS) is 12.1. The number of carbonyl (C=O) groups excluding carboxylic acids is 2. The van der Waals surface area contributed by atoms with Crippen molar-refractivity contribution in [1.82, 2.24) is 10.6 Å². The molecular formula is C15H19N3O2S. The molecule has 21 heavy (non-hydrogen) atoms. The van der Waals surface area contributed by atoms with E-state index in [2.05, 4.69) is 10.6 Å². The highest BCUT2D eigenvalue weighted by Gasteiger charge is 2.20. The summed E-state index contributed by atoms with van der Waals surface area (Å²) >= 11 is 1.34. The number of nitrogens with one attached hydrogen (secondary N) is 2. The summed E-state index contributed by atoms with van der Waals surface area (Å²) in [7, 11) is 0. The molecule has 6 heteroatoms. The largest absolute Gasteiger partial charge is 0.397 e. The van der Waals surface area contributed by atoms with E-state index in [0.29, 0.717) is 17.1 Å². The molecule has 0 bridgehead atoms. The first-order valence-corrected chi connectivity index (χ1v) is 7.63. The van der Waals surface area contributed by atoms with Crippen LogP contribution in [-0.2, 0) is 4.79 Å². The van der Waals surface area contributed by atoms with Crippen LogP contribution in [0.4, 0.5) is 5.69 Å². The molecule has 0 aliphatic rings. The van der Waals surface area contributed by atoms with E-state index in [0.717, 1.165) is 15.6 Å². The van der Waals surface area contributed by atoms with E-state index < -0.39 is 6.04 Å². The SMILES string of the molecule is CCNC(=O)C(C)NC(=O)c1sc2ccc(C)cc2c1N. The van der Waals surface area contributed by atoms with Crippen molar-refractivity contribution in [3.05, 3.63) is 28.6 Å². The number of thiophene rings is 1. The predicted octanol–water partition coefficient (Wildman–Crippen LogP) is 2.05. The van der Waals surface area contributed by atoms with Gasteiger partial charge in [0.15, 0.2) is 0 Å². The number of carbonyl (C=O) groups is 2. The number of amides is 2. The lowest BCUT2D eigenvalue weighted by molar-refractivity contribution is -0.122. The van der Waals surface area contributed by atoms with Crippen LogP contribution < -0.4 is 16.4 Å². The fourth-order valence-corrected chi connectivity index (χ4v) is 3.06. The van der Waals surface area contributed by atoms with Crippen molar-refractivity contribution in [1.29, 1.82) is 0 Å². The number of fused-ring (bicyclic) bond motifs is 1. The van der Waals surface area contributed by atoms with Gasteiger partial charge in [-0.25, -0.2) is 0 Å². The van der Waals surface area contributed by atoms with Gasteiger partial charge < -0.3 is 16.4 Å². The lowest BCUT2D eigenvalue weighted by Crippen LogP contribution is -2.44. The Hall–Kier alpha value is -2.08. The van der Waals surface area contributed by atoms with Gasteiger partial charge in [0.2, 0.25) is 5.91 Å². The molecule has 2 rings (SSSR count). The van der Waals surface area contributed by atoms with Gasteiger partial charge in [-0.2, -0.15) is 0 Å². The molecule has 0 saturated carbocycles. The number of nitrogens with two attached hydrogens (primary N) is 1. The molecule has 1 atom stereocenters. The summed E-state index contributed by atoms with van der Waals surface area (Å²) in [5.74, 6) is -0.522. The molecule has 112 valence electrons. The fraction of sp³-hybridized carbons (Fsp3) is 0.333. The first kappa shape index (κ1) is 15.3. The molecule has 0 spiro atoms. The van der Waals surface area contributed by atoms with Crippen molar-refractivity contribution >= 4 is 38.9 Å². The highest BCUT2D eigenvalue weighted by atomic mass is 32.1. The van der Waals surface area contributed by atoms with E-state index in [1.807, 2.05) is 32.0 Å². The van der Waals surface area contributed by atoms with Crippen LogP contribution in [0.3, 0.4) is 0 Å². The smallest absolute Gasteiger partial charge is 0.264 e. The molecule has 1 unspecified atom stereocenters. The minimum atomic E-state index is -0.594. The Labute approximate surface area is 127 Å². The minimum absolute atomic E-state index is 0.207. The Morgan fingerprint density at radius 2 is 2.10 bits per heavy atom. The van der Waals surface area contributed by atoms with Crippen LogP contribution in [0.2, 0.25) is 0 Å². The van der Waals surface area contributed by atoms with Crippen LogP contribution in [0.15, 0.2) is 18.2 Å². The predicted molar refractivity (Wildman–Crippen MR) is 86.6 cm³/mol. The van der Waals surface area contributed by atoms with Gasteiger partial charge in [0, 0.05) is 16.6 Å². The van der Waals surface area contributed by atoms with Crippen molar-refractivity contribution < 1.29 is 9.59 Å². The third kappa shape index (κ3) is 3.16. The van der Waals surface area contributed by atoms with Crippen LogP contribution >= 0.6 is 11.3 Å². The molecule has 1 heterocycles. The summed E-state index contributed by atoms with van der Waals surface area (Å²) in [6, 6.07) is 5.31. The van der Waals surface area contributed by atoms with Crippen molar-refractivity contribution in [2.75, 3.05) is 12.3 Å². The van der Waals surface area contributed by atoms with Crippen molar-refractivity contribution in [3.8, 4) is 0 Å². The number of benzene rings is 1. The summed E-state index contributed by atoms with van der Waals surface area (Å²) in [4.78, 5) is 24.4. The van der Waals surface area contributed by atoms with Crippen LogP contribution in [0.25, 0.3) is 10.1 Å². The van der Waals surface area contributed by atoms with Gasteiger partial charge in [-0.15, -0.1) is 11.3 Å². The molecule has 1 aromatic carbocycles. The van der Waals surface area contributed by atoms with Crippen molar-refractivity contribution in [3.63, 3.8) is 0 Å². The quantitative estimate of drug-likeness (QED) is 0.808. The maximum absolute atomic E-state index is 12.3. The third-order valence-corrected chi connectivity index (χ3v) is 4.37. The van der Waals surface area contributed by atoms with E-state index in [9.17, 15) is 9.59 Å². The number of hydrogen-bond donors (Lipinski definition) is 3. The Morgan fingerprint density at radius 3 is 2.76 bits per heavy atom. The third-order valence-electron chi connectivity index (χ3n) is 3.18. The number of rotatable bonds is 4. The van der Waals surface area contributed by atoms with Gasteiger partial charge in [-0.05, 0) is 32.9 Å². The van der Waals surface area contributed by atoms with Crippen LogP contribution in [0, 0.1) is 6.92 Å². The Kier molecular flexibility index (Phi) is 4.47. The fourth-order valence-electron chi connectivity index (χ4n) is 2.05. The van der Waals surface area contributed by atoms with Crippen molar-refractivity contribution in [2.24, 2.45) is 0 Å². The van der Waals surface area contributed by atoms with Gasteiger partial charge in [0.1, 0.15) is 10.9 Å². The second-order valence-corrected chi connectivity index (χ2v) is 5.99. The van der Waals surface area contributed by atoms with Gasteiger partial charge >= 0.3 is 0 Å². The van der Waals surface area contributed by atoms with Gasteiger partial charge in [-0.1, -0.05) is 11.6 Å². The molecule has 0 radical (unpaired) electrons. The molecule has 1 aromatic heterocycles. The lowest BCUT2D eigenvalue weighted by Gasteiger charge is -2.12. The number of hydrogen-bond acceptors (Lipinski definition) is 4.